The van der Waals surface area contributed by atoms with Crippen LogP contribution in [0.2, 0.25) is 0 Å². The van der Waals surface area contributed by atoms with Crippen molar-refractivity contribution in [1.29, 1.82) is 0 Å². The van der Waals surface area contributed by atoms with Crippen LogP contribution in [0, 0.1) is 0 Å². The summed E-state index contributed by atoms with van der Waals surface area (Å²) in [6.45, 7) is 6.47. The fourth-order valence-electron chi connectivity index (χ4n) is 0.356. The van der Waals surface area contributed by atoms with Gasteiger partial charge in [-0.15, -0.1) is 0 Å². The summed E-state index contributed by atoms with van der Waals surface area (Å²) in [4.78, 5) is 0. The van der Waals surface area contributed by atoms with Gasteiger partial charge in [0, 0.05) is 13.7 Å². The summed E-state index contributed by atoms with van der Waals surface area (Å²) in [5.74, 6) is 0. The lowest BCUT2D eigenvalue weighted by Gasteiger charge is -2.10. The van der Waals surface area contributed by atoms with Crippen LogP contribution < -0.4 is 0 Å². The Labute approximate surface area is 80.5 Å². The molecular formula is C9H22O4. The Bertz CT molecular complexity index is 83.7. The van der Waals surface area contributed by atoms with Gasteiger partial charge in [-0.1, -0.05) is 0 Å². The summed E-state index contributed by atoms with van der Waals surface area (Å²) in [5.41, 5.74) is 0. The van der Waals surface area contributed by atoms with E-state index in [-0.39, 0.29) is 12.7 Å². The summed E-state index contributed by atoms with van der Waals surface area (Å²) in [7, 11) is 1.68. The summed E-state index contributed by atoms with van der Waals surface area (Å²) in [6.07, 6.45) is -0.612. The van der Waals surface area contributed by atoms with E-state index >= 15 is 0 Å². The Hall–Kier alpha value is -0.160. The molecule has 4 heteroatoms. The number of aliphatic hydroxyl groups is 2. The fourth-order valence-corrected chi connectivity index (χ4v) is 0.356. The van der Waals surface area contributed by atoms with E-state index in [0.29, 0.717) is 6.61 Å². The molecule has 0 aromatic heterocycles. The number of methoxy groups -OCH3 is 1. The second-order valence-corrected chi connectivity index (χ2v) is 2.75. The molecular weight excluding hydrogens is 172 g/mol. The molecule has 4 nitrogen and oxygen atoms in total. The first-order valence-corrected chi connectivity index (χ1v) is 4.47. The number of rotatable bonds is 5. The van der Waals surface area contributed by atoms with Gasteiger partial charge in [-0.2, -0.15) is 0 Å². The Morgan fingerprint density at radius 2 is 1.77 bits per heavy atom. The minimum Gasteiger partial charge on any atom is -0.394 e. The molecule has 0 fully saturated rings. The van der Waals surface area contributed by atoms with Gasteiger partial charge in [-0.3, -0.25) is 0 Å². The molecule has 82 valence electrons. The Kier molecular flexibility index (Phi) is 14.0. The van der Waals surface area contributed by atoms with E-state index in [1.54, 1.807) is 21.0 Å². The van der Waals surface area contributed by atoms with E-state index in [2.05, 4.69) is 4.74 Å². The average Bonchev–Trinajstić information content (AvgIpc) is 2.14. The molecule has 0 aliphatic rings. The van der Waals surface area contributed by atoms with Crippen molar-refractivity contribution in [3.05, 3.63) is 0 Å². The second kappa shape index (κ2) is 11.8. The average molecular weight is 194 g/mol. The van der Waals surface area contributed by atoms with E-state index in [9.17, 15) is 0 Å². The van der Waals surface area contributed by atoms with Crippen LogP contribution in [0.15, 0.2) is 0 Å². The monoisotopic (exact) mass is 194 g/mol. The van der Waals surface area contributed by atoms with Gasteiger partial charge in [0.15, 0.2) is 0 Å². The Balaban J connectivity index is 0. The highest BCUT2D eigenvalue weighted by atomic mass is 16.5. The number of hydrogen-bond donors (Lipinski definition) is 2. The highest BCUT2D eigenvalue weighted by Crippen LogP contribution is 1.90. The Morgan fingerprint density at radius 1 is 1.31 bits per heavy atom. The maximum Gasteiger partial charge on any atom is 0.0779 e. The maximum atomic E-state index is 8.69. The first kappa shape index (κ1) is 15.3. The van der Waals surface area contributed by atoms with Crippen LogP contribution in [0.4, 0.5) is 0 Å². The molecule has 0 aromatic rings. The molecule has 0 spiro atoms. The summed E-state index contributed by atoms with van der Waals surface area (Å²) >= 11 is 0. The van der Waals surface area contributed by atoms with E-state index in [1.165, 1.54) is 0 Å². The molecule has 13 heavy (non-hydrogen) atoms. The standard InChI is InChI=1S/C6H14O3.C3H8O/c1-5(8)4-9-6(2)3-7;1-3-4-2/h5-8H,3-4H2,1-2H3;3H2,1-2H3. The van der Waals surface area contributed by atoms with Gasteiger partial charge < -0.3 is 19.7 Å². The molecule has 2 N–H and O–H groups in total. The maximum absolute atomic E-state index is 8.69. The van der Waals surface area contributed by atoms with Crippen molar-refractivity contribution >= 4 is 0 Å². The van der Waals surface area contributed by atoms with Crippen molar-refractivity contribution in [2.24, 2.45) is 0 Å². The minimum atomic E-state index is -0.445. The molecule has 2 unspecified atom stereocenters. The topological polar surface area (TPSA) is 58.9 Å². The number of hydrogen-bond acceptors (Lipinski definition) is 4. The first-order valence-electron chi connectivity index (χ1n) is 4.47. The zero-order chi connectivity index (χ0) is 10.7. The molecule has 0 aromatic carbocycles. The smallest absolute Gasteiger partial charge is 0.0779 e. The molecule has 0 saturated heterocycles. The van der Waals surface area contributed by atoms with Crippen LogP contribution >= 0.6 is 0 Å². The lowest BCUT2D eigenvalue weighted by atomic mass is 10.4. The molecule has 0 rings (SSSR count). The van der Waals surface area contributed by atoms with Crippen molar-refractivity contribution in [2.75, 3.05) is 26.9 Å². The van der Waals surface area contributed by atoms with Crippen molar-refractivity contribution in [3.8, 4) is 0 Å². The fraction of sp³-hybridized carbons (Fsp3) is 1.00. The molecule has 0 aliphatic heterocycles. The predicted octanol–water partition coefficient (Wildman–Crippen LogP) is 0.417. The highest BCUT2D eigenvalue weighted by molar-refractivity contribution is 4.47. The Morgan fingerprint density at radius 3 is 2.00 bits per heavy atom. The van der Waals surface area contributed by atoms with Crippen LogP contribution in [-0.2, 0) is 9.47 Å². The van der Waals surface area contributed by atoms with Gasteiger partial charge in [0.25, 0.3) is 0 Å². The van der Waals surface area contributed by atoms with Crippen LogP contribution in [0.25, 0.3) is 0 Å². The summed E-state index contributed by atoms with van der Waals surface area (Å²) in [5, 5.41) is 17.1. The van der Waals surface area contributed by atoms with E-state index in [1.807, 2.05) is 6.92 Å². The molecule has 0 radical (unpaired) electrons. The summed E-state index contributed by atoms with van der Waals surface area (Å²) < 4.78 is 9.49. The van der Waals surface area contributed by atoms with E-state index in [0.717, 1.165) is 6.61 Å². The van der Waals surface area contributed by atoms with Gasteiger partial charge in [-0.05, 0) is 20.8 Å². The molecule has 2 atom stereocenters. The van der Waals surface area contributed by atoms with Gasteiger partial charge in [0.05, 0.1) is 25.4 Å². The molecule has 0 heterocycles. The zero-order valence-corrected chi connectivity index (χ0v) is 8.99. The molecule has 0 saturated carbocycles. The minimum absolute atomic E-state index is 0.00667. The zero-order valence-electron chi connectivity index (χ0n) is 8.99. The van der Waals surface area contributed by atoms with Gasteiger partial charge >= 0.3 is 0 Å². The molecule has 0 bridgehead atoms. The summed E-state index contributed by atoms with van der Waals surface area (Å²) in [6, 6.07) is 0. The van der Waals surface area contributed by atoms with E-state index in [4.69, 9.17) is 14.9 Å². The van der Waals surface area contributed by atoms with Crippen LogP contribution in [0.5, 0.6) is 0 Å². The van der Waals surface area contributed by atoms with Crippen molar-refractivity contribution in [2.45, 2.75) is 33.0 Å². The second-order valence-electron chi connectivity index (χ2n) is 2.75. The first-order chi connectivity index (χ1) is 6.08. The van der Waals surface area contributed by atoms with Gasteiger partial charge in [0.2, 0.25) is 0 Å². The van der Waals surface area contributed by atoms with Crippen LogP contribution in [-0.4, -0.2) is 49.4 Å². The predicted molar refractivity (Wildman–Crippen MR) is 51.7 cm³/mol. The highest BCUT2D eigenvalue weighted by Gasteiger charge is 2.00. The van der Waals surface area contributed by atoms with Crippen molar-refractivity contribution in [3.63, 3.8) is 0 Å². The third-order valence-electron chi connectivity index (χ3n) is 1.17. The van der Waals surface area contributed by atoms with Crippen molar-refractivity contribution < 1.29 is 19.7 Å². The molecule has 0 aliphatic carbocycles. The SMILES string of the molecule is CC(O)COC(C)CO.CCOC. The quantitative estimate of drug-likeness (QED) is 0.666. The number of ether oxygens (including phenoxy) is 2. The largest absolute Gasteiger partial charge is 0.394 e. The lowest BCUT2D eigenvalue weighted by Crippen LogP contribution is -2.19. The normalized spacial score (nSPS) is 14.3. The molecule has 0 amide bonds. The van der Waals surface area contributed by atoms with Crippen LogP contribution in [0.1, 0.15) is 20.8 Å². The lowest BCUT2D eigenvalue weighted by molar-refractivity contribution is -0.0177. The number of aliphatic hydroxyl groups excluding tert-OH is 2. The van der Waals surface area contributed by atoms with E-state index < -0.39 is 6.10 Å². The van der Waals surface area contributed by atoms with Gasteiger partial charge in [0.1, 0.15) is 0 Å². The third kappa shape index (κ3) is 18.7. The van der Waals surface area contributed by atoms with Crippen molar-refractivity contribution in [1.82, 2.24) is 0 Å². The third-order valence-corrected chi connectivity index (χ3v) is 1.17. The van der Waals surface area contributed by atoms with Gasteiger partial charge in [-0.25, -0.2) is 0 Å². The van der Waals surface area contributed by atoms with Crippen LogP contribution in [0.3, 0.4) is 0 Å².